The minimum Gasteiger partial charge on any atom is -0.343 e. The predicted molar refractivity (Wildman–Crippen MR) is 68.5 cm³/mol. The molecule has 2 atom stereocenters. The molecule has 2 aliphatic heterocycles. The molecule has 0 aromatic heterocycles. The Balaban J connectivity index is 1.77. The Morgan fingerprint density at radius 2 is 2.12 bits per heavy atom. The van der Waals surface area contributed by atoms with Gasteiger partial charge in [-0.3, -0.25) is 4.79 Å². The van der Waals surface area contributed by atoms with Crippen molar-refractivity contribution >= 4 is 17.7 Å². The van der Waals surface area contributed by atoms with E-state index >= 15 is 0 Å². The van der Waals surface area contributed by atoms with E-state index in [1.54, 1.807) is 0 Å². The van der Waals surface area contributed by atoms with Gasteiger partial charge in [-0.25, -0.2) is 0 Å². The Morgan fingerprint density at radius 1 is 1.38 bits per heavy atom. The maximum Gasteiger partial charge on any atom is 0.225 e. The number of rotatable bonds is 2. The highest BCUT2D eigenvalue weighted by molar-refractivity contribution is 7.99. The van der Waals surface area contributed by atoms with E-state index in [0.717, 1.165) is 13.1 Å². The van der Waals surface area contributed by atoms with Crippen molar-refractivity contribution in [1.82, 2.24) is 10.2 Å². The van der Waals surface area contributed by atoms with Gasteiger partial charge in [0.15, 0.2) is 0 Å². The minimum absolute atomic E-state index is 0.346. The first-order chi connectivity index (χ1) is 7.75. The van der Waals surface area contributed by atoms with Gasteiger partial charge in [0.1, 0.15) is 0 Å². The predicted octanol–water partition coefficient (Wildman–Crippen LogP) is 1.83. The molecule has 92 valence electrons. The fourth-order valence-electron chi connectivity index (χ4n) is 2.38. The van der Waals surface area contributed by atoms with Crippen LogP contribution in [-0.2, 0) is 4.79 Å². The summed E-state index contributed by atoms with van der Waals surface area (Å²) in [5.41, 5.74) is 0. The number of nitrogens with one attached hydrogen (secondary N) is 1. The van der Waals surface area contributed by atoms with Crippen LogP contribution in [0, 0.1) is 0 Å². The molecule has 0 aromatic rings. The van der Waals surface area contributed by atoms with Gasteiger partial charge in [0, 0.05) is 19.1 Å². The second kappa shape index (κ2) is 5.92. The van der Waals surface area contributed by atoms with E-state index in [4.69, 9.17) is 0 Å². The van der Waals surface area contributed by atoms with Crippen LogP contribution in [-0.4, -0.2) is 41.1 Å². The smallest absolute Gasteiger partial charge is 0.225 e. The first-order valence-corrected chi connectivity index (χ1v) is 7.46. The molecule has 2 heterocycles. The van der Waals surface area contributed by atoms with Gasteiger partial charge in [-0.1, -0.05) is 0 Å². The quantitative estimate of drug-likeness (QED) is 0.802. The molecule has 4 heteroatoms. The van der Waals surface area contributed by atoms with Crippen LogP contribution in [0.3, 0.4) is 0 Å². The molecule has 0 radical (unpaired) electrons. The van der Waals surface area contributed by atoms with Crippen LogP contribution >= 0.6 is 11.8 Å². The first-order valence-electron chi connectivity index (χ1n) is 6.41. The lowest BCUT2D eigenvalue weighted by atomic mass is 10.1. The van der Waals surface area contributed by atoms with E-state index in [0.29, 0.717) is 23.7 Å². The molecule has 2 rings (SSSR count). The number of hydrogen-bond acceptors (Lipinski definition) is 3. The van der Waals surface area contributed by atoms with Crippen molar-refractivity contribution in [3.8, 4) is 0 Å². The van der Waals surface area contributed by atoms with Gasteiger partial charge in [-0.2, -0.15) is 0 Å². The average Bonchev–Trinajstić information content (AvgIpc) is 2.30. The van der Waals surface area contributed by atoms with Gasteiger partial charge in [-0.15, -0.1) is 11.8 Å². The number of likely N-dealkylation sites (tertiary alicyclic amines) is 1. The number of carbonyl (C=O) groups is 1. The van der Waals surface area contributed by atoms with Crippen LogP contribution in [0.2, 0.25) is 0 Å². The van der Waals surface area contributed by atoms with Gasteiger partial charge in [0.2, 0.25) is 5.91 Å². The van der Waals surface area contributed by atoms with Gasteiger partial charge < -0.3 is 10.2 Å². The highest BCUT2D eigenvalue weighted by Gasteiger charge is 2.24. The van der Waals surface area contributed by atoms with Gasteiger partial charge in [0.05, 0.1) is 11.8 Å². The molecule has 0 spiro atoms. The molecule has 3 nitrogen and oxygen atoms in total. The number of piperidine rings is 1. The lowest BCUT2D eigenvalue weighted by Crippen LogP contribution is -2.44. The van der Waals surface area contributed by atoms with E-state index in [1.807, 2.05) is 16.7 Å². The Bertz CT molecular complexity index is 241. The topological polar surface area (TPSA) is 32.3 Å². The summed E-state index contributed by atoms with van der Waals surface area (Å²) >= 11 is 1.90. The number of hydrogen-bond donors (Lipinski definition) is 1. The fourth-order valence-corrected chi connectivity index (χ4v) is 3.75. The third kappa shape index (κ3) is 3.39. The third-order valence-corrected chi connectivity index (χ3v) is 4.59. The molecular weight excluding hydrogens is 220 g/mol. The number of carbonyl (C=O) groups excluding carboxylic acids is 1. The van der Waals surface area contributed by atoms with E-state index in [9.17, 15) is 4.79 Å². The summed E-state index contributed by atoms with van der Waals surface area (Å²) in [5, 5.41) is 3.85. The van der Waals surface area contributed by atoms with Gasteiger partial charge >= 0.3 is 0 Å². The van der Waals surface area contributed by atoms with Crippen molar-refractivity contribution in [3.05, 3.63) is 0 Å². The number of nitrogens with zero attached hydrogens (tertiary/aromatic N) is 1. The number of amides is 1. The summed E-state index contributed by atoms with van der Waals surface area (Å²) in [5.74, 6) is 1.53. The zero-order valence-corrected chi connectivity index (χ0v) is 10.9. The molecular formula is C12H22N2OS. The van der Waals surface area contributed by atoms with Crippen LogP contribution in [0.1, 0.15) is 39.0 Å². The van der Waals surface area contributed by atoms with Gasteiger partial charge in [0.25, 0.3) is 0 Å². The van der Waals surface area contributed by atoms with Crippen LogP contribution in [0.5, 0.6) is 0 Å². The maximum atomic E-state index is 12.0. The van der Waals surface area contributed by atoms with Crippen molar-refractivity contribution < 1.29 is 4.79 Å². The van der Waals surface area contributed by atoms with E-state index < -0.39 is 0 Å². The Kier molecular flexibility index (Phi) is 4.53. The molecule has 2 aliphatic rings. The fraction of sp³-hybridized carbons (Fsp3) is 0.917. The molecule has 1 amide bonds. The summed E-state index contributed by atoms with van der Waals surface area (Å²) < 4.78 is 0. The van der Waals surface area contributed by atoms with Crippen molar-refractivity contribution in [3.63, 3.8) is 0 Å². The summed E-state index contributed by atoms with van der Waals surface area (Å²) in [6.07, 6.45) is 5.56. The second-order valence-corrected chi connectivity index (χ2v) is 6.17. The van der Waals surface area contributed by atoms with Crippen molar-refractivity contribution in [2.24, 2.45) is 0 Å². The molecule has 2 fully saturated rings. The van der Waals surface area contributed by atoms with E-state index in [2.05, 4.69) is 12.2 Å². The lowest BCUT2D eigenvalue weighted by Gasteiger charge is -2.31. The molecule has 0 aromatic carbocycles. The van der Waals surface area contributed by atoms with E-state index in [-0.39, 0.29) is 0 Å². The van der Waals surface area contributed by atoms with Crippen LogP contribution in [0.4, 0.5) is 0 Å². The third-order valence-electron chi connectivity index (χ3n) is 3.41. The standard InChI is InChI=1S/C12H22N2OS/c1-10-5-8-16-11(13-10)9-12(15)14-6-3-2-4-7-14/h10-11,13H,2-9H2,1H3. The summed E-state index contributed by atoms with van der Waals surface area (Å²) in [7, 11) is 0. The Hall–Kier alpha value is -0.220. The zero-order valence-electron chi connectivity index (χ0n) is 10.1. The molecule has 1 N–H and O–H groups in total. The normalized spacial score (nSPS) is 31.4. The Morgan fingerprint density at radius 3 is 2.81 bits per heavy atom. The molecule has 2 saturated heterocycles. The molecule has 16 heavy (non-hydrogen) atoms. The highest BCUT2D eigenvalue weighted by Crippen LogP contribution is 2.22. The van der Waals surface area contributed by atoms with Crippen LogP contribution < -0.4 is 5.32 Å². The first kappa shape index (κ1) is 12.2. The van der Waals surface area contributed by atoms with Crippen LogP contribution in [0.25, 0.3) is 0 Å². The number of thioether (sulfide) groups is 1. The molecule has 0 aliphatic carbocycles. The molecule has 0 saturated carbocycles. The largest absolute Gasteiger partial charge is 0.343 e. The summed E-state index contributed by atoms with van der Waals surface area (Å²) in [6.45, 7) is 4.16. The second-order valence-electron chi connectivity index (χ2n) is 4.86. The monoisotopic (exact) mass is 242 g/mol. The Labute approximate surface area is 102 Å². The summed E-state index contributed by atoms with van der Waals surface area (Å²) in [6, 6.07) is 0.570. The minimum atomic E-state index is 0.346. The van der Waals surface area contributed by atoms with Gasteiger partial charge in [-0.05, 0) is 38.4 Å². The van der Waals surface area contributed by atoms with Crippen molar-refractivity contribution in [1.29, 1.82) is 0 Å². The molecule has 2 unspecified atom stereocenters. The SMILES string of the molecule is CC1CCSC(CC(=O)N2CCCCC2)N1. The maximum absolute atomic E-state index is 12.0. The molecule has 0 bridgehead atoms. The van der Waals surface area contributed by atoms with Crippen molar-refractivity contribution in [2.45, 2.75) is 50.4 Å². The lowest BCUT2D eigenvalue weighted by molar-refractivity contribution is -0.132. The summed E-state index contributed by atoms with van der Waals surface area (Å²) in [4.78, 5) is 14.1. The van der Waals surface area contributed by atoms with Crippen LogP contribution in [0.15, 0.2) is 0 Å². The zero-order chi connectivity index (χ0) is 11.4. The highest BCUT2D eigenvalue weighted by atomic mass is 32.2. The van der Waals surface area contributed by atoms with Crippen molar-refractivity contribution in [2.75, 3.05) is 18.8 Å². The average molecular weight is 242 g/mol. The van der Waals surface area contributed by atoms with E-state index in [1.165, 1.54) is 31.4 Å².